The van der Waals surface area contributed by atoms with E-state index in [2.05, 4.69) is 4.98 Å². The Hall–Kier alpha value is -3.10. The first-order valence-corrected chi connectivity index (χ1v) is 10.4. The summed E-state index contributed by atoms with van der Waals surface area (Å²) in [5, 5.41) is 10.3. The zero-order valence-corrected chi connectivity index (χ0v) is 17.1. The zero-order chi connectivity index (χ0) is 21.1. The Kier molecular flexibility index (Phi) is 5.87. The number of imide groups is 1. The number of carbonyl (C=O) groups excluding carboxylic acids is 2. The van der Waals surface area contributed by atoms with E-state index < -0.39 is 6.10 Å². The fourth-order valence-corrected chi connectivity index (χ4v) is 3.81. The number of amides is 2. The summed E-state index contributed by atoms with van der Waals surface area (Å²) in [6.45, 7) is 2.01. The molecule has 1 unspecified atom stereocenters. The molecule has 0 radical (unpaired) electrons. The summed E-state index contributed by atoms with van der Waals surface area (Å²) in [5.74, 6) is 1.58. The van der Waals surface area contributed by atoms with Gasteiger partial charge < -0.3 is 14.3 Å². The van der Waals surface area contributed by atoms with Gasteiger partial charge in [-0.3, -0.25) is 14.5 Å². The number of aliphatic hydroxyl groups is 1. The lowest BCUT2D eigenvalue weighted by Gasteiger charge is -2.14. The number of aromatic nitrogens is 1. The van der Waals surface area contributed by atoms with E-state index in [1.165, 1.54) is 4.90 Å². The molecule has 7 nitrogen and oxygen atoms in total. The Morgan fingerprint density at radius 1 is 1.17 bits per heavy atom. The van der Waals surface area contributed by atoms with Crippen molar-refractivity contribution in [1.29, 1.82) is 0 Å². The van der Waals surface area contributed by atoms with Gasteiger partial charge in [-0.2, -0.15) is 0 Å². The molecule has 3 aromatic rings. The Morgan fingerprint density at radius 2 is 1.90 bits per heavy atom. The van der Waals surface area contributed by atoms with Crippen LogP contribution in [-0.2, 0) is 11.3 Å². The standard InChI is InChI=1S/C22H20N2O5S/c1-14-20(23-21(29-14)16-5-3-2-4-6-16)18(25)12-28-17-9-7-15(8-10-17)11-24-19(26)13-30-22(24)27/h2-10,18,25H,11-13H2,1H3. The highest BCUT2D eigenvalue weighted by Crippen LogP contribution is 2.26. The normalized spacial score (nSPS) is 14.9. The van der Waals surface area contributed by atoms with Crippen LogP contribution in [0.4, 0.5) is 4.79 Å². The zero-order valence-electron chi connectivity index (χ0n) is 16.3. The van der Waals surface area contributed by atoms with E-state index in [1.807, 2.05) is 30.3 Å². The molecular formula is C22H20N2O5S. The van der Waals surface area contributed by atoms with Crippen molar-refractivity contribution in [1.82, 2.24) is 9.88 Å². The third-order valence-electron chi connectivity index (χ3n) is 4.68. The molecule has 2 amide bonds. The van der Waals surface area contributed by atoms with Gasteiger partial charge >= 0.3 is 0 Å². The van der Waals surface area contributed by atoms with Gasteiger partial charge in [0, 0.05) is 5.56 Å². The molecule has 0 aliphatic carbocycles. The first kappa shape index (κ1) is 20.2. The van der Waals surface area contributed by atoms with Crippen molar-refractivity contribution in [3.05, 3.63) is 71.6 Å². The van der Waals surface area contributed by atoms with Crippen molar-refractivity contribution in [2.24, 2.45) is 0 Å². The van der Waals surface area contributed by atoms with Crippen LogP contribution in [0.3, 0.4) is 0 Å². The molecule has 0 bridgehead atoms. The number of ether oxygens (including phenoxy) is 1. The number of hydrogen-bond donors (Lipinski definition) is 1. The van der Waals surface area contributed by atoms with Gasteiger partial charge in [0.1, 0.15) is 29.9 Å². The van der Waals surface area contributed by atoms with Crippen LogP contribution in [0.5, 0.6) is 5.75 Å². The van der Waals surface area contributed by atoms with E-state index in [-0.39, 0.29) is 30.1 Å². The molecule has 1 saturated heterocycles. The van der Waals surface area contributed by atoms with Gasteiger partial charge in [-0.25, -0.2) is 4.98 Å². The number of oxazole rings is 1. The number of thioether (sulfide) groups is 1. The summed E-state index contributed by atoms with van der Waals surface area (Å²) >= 11 is 1.02. The highest BCUT2D eigenvalue weighted by Gasteiger charge is 2.29. The number of aryl methyl sites for hydroxylation is 1. The van der Waals surface area contributed by atoms with Gasteiger partial charge in [0.15, 0.2) is 0 Å². The van der Waals surface area contributed by atoms with E-state index in [4.69, 9.17) is 9.15 Å². The lowest BCUT2D eigenvalue weighted by Crippen LogP contribution is -2.27. The largest absolute Gasteiger partial charge is 0.490 e. The monoisotopic (exact) mass is 424 g/mol. The van der Waals surface area contributed by atoms with Crippen LogP contribution < -0.4 is 4.74 Å². The summed E-state index contributed by atoms with van der Waals surface area (Å²) in [6, 6.07) is 16.5. The minimum atomic E-state index is -0.942. The fourth-order valence-electron chi connectivity index (χ4n) is 3.08. The summed E-state index contributed by atoms with van der Waals surface area (Å²) in [6.07, 6.45) is -0.942. The smallest absolute Gasteiger partial charge is 0.289 e. The number of rotatable bonds is 7. The van der Waals surface area contributed by atoms with Gasteiger partial charge in [-0.05, 0) is 36.8 Å². The van der Waals surface area contributed by atoms with Crippen LogP contribution in [0.25, 0.3) is 11.5 Å². The molecule has 8 heteroatoms. The molecule has 1 atom stereocenters. The van der Waals surface area contributed by atoms with Crippen LogP contribution in [0.15, 0.2) is 59.0 Å². The molecule has 154 valence electrons. The van der Waals surface area contributed by atoms with E-state index in [1.54, 1.807) is 31.2 Å². The highest BCUT2D eigenvalue weighted by molar-refractivity contribution is 8.14. The Bertz CT molecular complexity index is 1030. The van der Waals surface area contributed by atoms with Gasteiger partial charge in [-0.15, -0.1) is 0 Å². The maximum atomic E-state index is 11.7. The summed E-state index contributed by atoms with van der Waals surface area (Å²) in [5.41, 5.74) is 2.10. The molecule has 0 saturated carbocycles. The van der Waals surface area contributed by atoms with E-state index in [0.29, 0.717) is 23.1 Å². The SMILES string of the molecule is Cc1oc(-c2ccccc2)nc1C(O)COc1ccc(CN2C(=O)CSC2=O)cc1. The third-order valence-corrected chi connectivity index (χ3v) is 5.54. The molecule has 30 heavy (non-hydrogen) atoms. The molecule has 2 heterocycles. The predicted octanol–water partition coefficient (Wildman–Crippen LogP) is 3.96. The molecule has 2 aromatic carbocycles. The van der Waals surface area contributed by atoms with Crippen molar-refractivity contribution in [3.8, 4) is 17.2 Å². The topological polar surface area (TPSA) is 92.9 Å². The van der Waals surface area contributed by atoms with Crippen LogP contribution in [0.2, 0.25) is 0 Å². The molecule has 1 aliphatic heterocycles. The second-order valence-electron chi connectivity index (χ2n) is 6.83. The number of benzene rings is 2. The van der Waals surface area contributed by atoms with Crippen LogP contribution >= 0.6 is 11.8 Å². The van der Waals surface area contributed by atoms with E-state index in [0.717, 1.165) is 22.9 Å². The first-order valence-electron chi connectivity index (χ1n) is 9.41. The van der Waals surface area contributed by atoms with E-state index >= 15 is 0 Å². The molecule has 4 rings (SSSR count). The Balaban J connectivity index is 1.36. The summed E-state index contributed by atoms with van der Waals surface area (Å²) in [7, 11) is 0. The lowest BCUT2D eigenvalue weighted by molar-refractivity contribution is -0.125. The van der Waals surface area contributed by atoms with Gasteiger partial charge in [0.25, 0.3) is 5.24 Å². The molecule has 0 spiro atoms. The highest BCUT2D eigenvalue weighted by atomic mass is 32.2. The number of nitrogens with zero attached hydrogens (tertiary/aromatic N) is 2. The summed E-state index contributed by atoms with van der Waals surface area (Å²) < 4.78 is 11.4. The van der Waals surface area contributed by atoms with Crippen molar-refractivity contribution in [3.63, 3.8) is 0 Å². The van der Waals surface area contributed by atoms with Crippen LogP contribution in [-0.4, -0.2) is 38.5 Å². The van der Waals surface area contributed by atoms with Crippen molar-refractivity contribution >= 4 is 22.9 Å². The Labute approximate surface area is 177 Å². The minimum Gasteiger partial charge on any atom is -0.490 e. The quantitative estimate of drug-likeness (QED) is 0.614. The molecule has 1 N–H and O–H groups in total. The maximum Gasteiger partial charge on any atom is 0.289 e. The van der Waals surface area contributed by atoms with E-state index in [9.17, 15) is 14.7 Å². The maximum absolute atomic E-state index is 11.7. The summed E-state index contributed by atoms with van der Waals surface area (Å²) in [4.78, 5) is 29.0. The average molecular weight is 424 g/mol. The predicted molar refractivity (Wildman–Crippen MR) is 112 cm³/mol. The lowest BCUT2D eigenvalue weighted by atomic mass is 10.2. The average Bonchev–Trinajstić information content (AvgIpc) is 3.31. The molecule has 1 aliphatic rings. The van der Waals surface area contributed by atoms with Gasteiger partial charge in [-0.1, -0.05) is 42.1 Å². The van der Waals surface area contributed by atoms with Crippen molar-refractivity contribution in [2.45, 2.75) is 19.6 Å². The van der Waals surface area contributed by atoms with Gasteiger partial charge in [0.2, 0.25) is 11.8 Å². The molecule has 1 fully saturated rings. The van der Waals surface area contributed by atoms with Crippen molar-refractivity contribution in [2.75, 3.05) is 12.4 Å². The molecule has 1 aromatic heterocycles. The number of aliphatic hydroxyl groups excluding tert-OH is 1. The van der Waals surface area contributed by atoms with Crippen molar-refractivity contribution < 1.29 is 23.8 Å². The Morgan fingerprint density at radius 3 is 2.57 bits per heavy atom. The number of hydrogen-bond acceptors (Lipinski definition) is 7. The second-order valence-corrected chi connectivity index (χ2v) is 7.76. The molecular weight excluding hydrogens is 404 g/mol. The third kappa shape index (κ3) is 4.39. The fraction of sp³-hybridized carbons (Fsp3) is 0.227. The van der Waals surface area contributed by atoms with Gasteiger partial charge in [0.05, 0.1) is 12.3 Å². The minimum absolute atomic E-state index is 0.0146. The second kappa shape index (κ2) is 8.73. The first-order chi connectivity index (χ1) is 14.5. The number of carbonyl (C=O) groups is 2. The van der Waals surface area contributed by atoms with Crippen LogP contribution in [0.1, 0.15) is 23.1 Å². The van der Waals surface area contributed by atoms with Crippen LogP contribution in [0, 0.1) is 6.92 Å².